The van der Waals surface area contributed by atoms with Crippen molar-refractivity contribution in [3.8, 4) is 0 Å². The lowest BCUT2D eigenvalue weighted by Crippen LogP contribution is -2.27. The maximum absolute atomic E-state index is 12.5. The van der Waals surface area contributed by atoms with Gasteiger partial charge in [-0.2, -0.15) is 0 Å². The second-order valence-electron chi connectivity index (χ2n) is 7.11. The largest absolute Gasteiger partial charge is 0.355 e. The van der Waals surface area contributed by atoms with Crippen molar-refractivity contribution >= 4 is 11.7 Å². The quantitative estimate of drug-likeness (QED) is 0.753. The van der Waals surface area contributed by atoms with Crippen LogP contribution >= 0.6 is 0 Å². The minimum Gasteiger partial charge on any atom is -0.355 e. The summed E-state index contributed by atoms with van der Waals surface area (Å²) in [5, 5.41) is 3.00. The van der Waals surface area contributed by atoms with E-state index in [1.807, 2.05) is 37.1 Å². The molecule has 1 aliphatic rings. The fourth-order valence-corrected chi connectivity index (χ4v) is 3.36. The van der Waals surface area contributed by atoms with Gasteiger partial charge in [-0.25, -0.2) is 9.97 Å². The number of nitrogens with zero attached hydrogens (tertiary/aromatic N) is 3. The number of amides is 1. The van der Waals surface area contributed by atoms with E-state index in [1.54, 1.807) is 6.07 Å². The molecule has 0 spiro atoms. The van der Waals surface area contributed by atoms with Crippen molar-refractivity contribution in [2.45, 2.75) is 45.6 Å². The van der Waals surface area contributed by atoms with E-state index in [0.717, 1.165) is 25.2 Å². The average Bonchev–Trinajstić information content (AvgIpc) is 2.69. The van der Waals surface area contributed by atoms with Gasteiger partial charge in [0.15, 0.2) is 0 Å². The maximum atomic E-state index is 12.5. The van der Waals surface area contributed by atoms with E-state index in [-0.39, 0.29) is 5.91 Å². The molecule has 0 saturated carbocycles. The second-order valence-corrected chi connectivity index (χ2v) is 7.11. The average molecular weight is 364 g/mol. The van der Waals surface area contributed by atoms with Crippen LogP contribution in [-0.2, 0) is 6.54 Å². The van der Waals surface area contributed by atoms with Crippen LogP contribution in [0.25, 0.3) is 0 Å². The number of nitrogens with one attached hydrogen (secondary N) is 1. The number of aryl methyl sites for hydroxylation is 1. The molecule has 3 rings (SSSR count). The summed E-state index contributed by atoms with van der Waals surface area (Å²) in [5.74, 6) is 1.23. The summed E-state index contributed by atoms with van der Waals surface area (Å²) < 4.78 is 0. The van der Waals surface area contributed by atoms with Gasteiger partial charge < -0.3 is 10.2 Å². The summed E-state index contributed by atoms with van der Waals surface area (Å²) in [4.78, 5) is 23.4. The van der Waals surface area contributed by atoms with Crippen molar-refractivity contribution in [3.05, 3.63) is 65.1 Å². The number of anilines is 1. The van der Waals surface area contributed by atoms with Crippen LogP contribution in [0, 0.1) is 6.92 Å². The van der Waals surface area contributed by atoms with Crippen LogP contribution in [0.2, 0.25) is 0 Å². The standard InChI is InChI=1S/C22H28N4O/c1-17-24-20(22(27)23-14-13-18-9-5-3-6-10-18)15-21(25-17)26(2)16-19-11-7-4-8-12-19/h4,7-9,11-12,15H,3,5-6,10,13-14,16H2,1-2H3,(H,23,27). The number of benzene rings is 1. The van der Waals surface area contributed by atoms with Crippen LogP contribution in [0.5, 0.6) is 0 Å². The minimum atomic E-state index is -0.133. The highest BCUT2D eigenvalue weighted by Gasteiger charge is 2.13. The summed E-state index contributed by atoms with van der Waals surface area (Å²) in [6.07, 6.45) is 8.14. The first-order chi connectivity index (χ1) is 13.1. The van der Waals surface area contributed by atoms with E-state index in [2.05, 4.69) is 33.5 Å². The van der Waals surface area contributed by atoms with Gasteiger partial charge in [0, 0.05) is 26.2 Å². The zero-order chi connectivity index (χ0) is 19.1. The summed E-state index contributed by atoms with van der Waals surface area (Å²) >= 11 is 0. The number of aromatic nitrogens is 2. The molecule has 1 aliphatic carbocycles. The molecule has 1 heterocycles. The summed E-state index contributed by atoms with van der Waals surface area (Å²) in [5.41, 5.74) is 3.08. The number of carbonyl (C=O) groups is 1. The van der Waals surface area contributed by atoms with Crippen molar-refractivity contribution in [3.63, 3.8) is 0 Å². The molecule has 0 bridgehead atoms. The molecule has 1 aromatic heterocycles. The van der Waals surface area contributed by atoms with Crippen LogP contribution < -0.4 is 10.2 Å². The number of carbonyl (C=O) groups excluding carboxylic acids is 1. The van der Waals surface area contributed by atoms with Gasteiger partial charge >= 0.3 is 0 Å². The van der Waals surface area contributed by atoms with E-state index >= 15 is 0 Å². The molecule has 2 aromatic rings. The summed E-state index contributed by atoms with van der Waals surface area (Å²) in [7, 11) is 1.98. The lowest BCUT2D eigenvalue weighted by atomic mass is 9.97. The Bertz CT molecular complexity index is 801. The molecule has 27 heavy (non-hydrogen) atoms. The highest BCUT2D eigenvalue weighted by Crippen LogP contribution is 2.19. The highest BCUT2D eigenvalue weighted by atomic mass is 16.1. The maximum Gasteiger partial charge on any atom is 0.270 e. The molecule has 0 fully saturated rings. The van der Waals surface area contributed by atoms with Crippen molar-refractivity contribution in [2.75, 3.05) is 18.5 Å². The van der Waals surface area contributed by atoms with Gasteiger partial charge in [-0.3, -0.25) is 4.79 Å². The summed E-state index contributed by atoms with van der Waals surface area (Å²) in [6, 6.07) is 12.0. The van der Waals surface area contributed by atoms with Crippen LogP contribution in [-0.4, -0.2) is 29.5 Å². The number of hydrogen-bond acceptors (Lipinski definition) is 4. The number of rotatable bonds is 7. The summed E-state index contributed by atoms with van der Waals surface area (Å²) in [6.45, 7) is 3.21. The topological polar surface area (TPSA) is 58.1 Å². The van der Waals surface area contributed by atoms with Crippen molar-refractivity contribution in [2.24, 2.45) is 0 Å². The smallest absolute Gasteiger partial charge is 0.270 e. The normalized spacial score (nSPS) is 13.8. The first-order valence-electron chi connectivity index (χ1n) is 9.68. The molecule has 0 radical (unpaired) electrons. The van der Waals surface area contributed by atoms with Gasteiger partial charge in [-0.1, -0.05) is 42.0 Å². The number of hydrogen-bond donors (Lipinski definition) is 1. The van der Waals surface area contributed by atoms with E-state index < -0.39 is 0 Å². The van der Waals surface area contributed by atoms with Crippen LogP contribution in [0.4, 0.5) is 5.82 Å². The van der Waals surface area contributed by atoms with Crippen LogP contribution in [0.15, 0.2) is 48.0 Å². The van der Waals surface area contributed by atoms with Crippen molar-refractivity contribution < 1.29 is 4.79 Å². The highest BCUT2D eigenvalue weighted by molar-refractivity contribution is 5.92. The molecule has 0 saturated heterocycles. The predicted octanol–water partition coefficient (Wildman–Crippen LogP) is 4.04. The molecule has 0 unspecified atom stereocenters. The minimum absolute atomic E-state index is 0.133. The van der Waals surface area contributed by atoms with E-state index in [9.17, 15) is 4.79 Å². The third-order valence-corrected chi connectivity index (χ3v) is 4.83. The zero-order valence-electron chi connectivity index (χ0n) is 16.2. The molecule has 1 aromatic carbocycles. The molecule has 1 N–H and O–H groups in total. The Morgan fingerprint density at radius 2 is 2.00 bits per heavy atom. The fourth-order valence-electron chi connectivity index (χ4n) is 3.36. The molecule has 142 valence electrons. The monoisotopic (exact) mass is 364 g/mol. The van der Waals surface area contributed by atoms with Gasteiger partial charge in [0.05, 0.1) is 0 Å². The third kappa shape index (κ3) is 5.64. The SMILES string of the molecule is Cc1nc(C(=O)NCCC2=CCCCC2)cc(N(C)Cc2ccccc2)n1. The Balaban J connectivity index is 1.61. The van der Waals surface area contributed by atoms with Gasteiger partial charge in [0.1, 0.15) is 17.3 Å². The molecular formula is C22H28N4O. The van der Waals surface area contributed by atoms with Gasteiger partial charge in [0.25, 0.3) is 5.91 Å². The Kier molecular flexibility index (Phi) is 6.58. The third-order valence-electron chi connectivity index (χ3n) is 4.83. The first-order valence-corrected chi connectivity index (χ1v) is 9.68. The van der Waals surface area contributed by atoms with E-state index in [0.29, 0.717) is 18.1 Å². The lowest BCUT2D eigenvalue weighted by Gasteiger charge is -2.19. The first kappa shape index (κ1) is 19.1. The molecule has 5 nitrogen and oxygen atoms in total. The molecule has 0 atom stereocenters. The van der Waals surface area contributed by atoms with Gasteiger partial charge in [-0.15, -0.1) is 0 Å². The lowest BCUT2D eigenvalue weighted by molar-refractivity contribution is 0.0948. The number of allylic oxidation sites excluding steroid dienone is 1. The molecule has 1 amide bonds. The molecular weight excluding hydrogens is 336 g/mol. The van der Waals surface area contributed by atoms with Gasteiger partial charge in [-0.05, 0) is 44.6 Å². The Hall–Kier alpha value is -2.69. The van der Waals surface area contributed by atoms with E-state index in [4.69, 9.17) is 0 Å². The zero-order valence-corrected chi connectivity index (χ0v) is 16.2. The molecule has 0 aliphatic heterocycles. The van der Waals surface area contributed by atoms with Gasteiger partial charge in [0.2, 0.25) is 0 Å². The Morgan fingerprint density at radius 3 is 2.74 bits per heavy atom. The molecule has 5 heteroatoms. The van der Waals surface area contributed by atoms with E-state index in [1.165, 1.54) is 30.4 Å². The van der Waals surface area contributed by atoms with Crippen molar-refractivity contribution in [1.29, 1.82) is 0 Å². The second kappa shape index (κ2) is 9.31. The van der Waals surface area contributed by atoms with Crippen molar-refractivity contribution in [1.82, 2.24) is 15.3 Å². The Labute approximate surface area is 161 Å². The van der Waals surface area contributed by atoms with Crippen LogP contribution in [0.1, 0.15) is 54.0 Å². The predicted molar refractivity (Wildman–Crippen MR) is 109 cm³/mol. The van der Waals surface area contributed by atoms with Crippen LogP contribution in [0.3, 0.4) is 0 Å². The fraction of sp³-hybridized carbons (Fsp3) is 0.409. The Morgan fingerprint density at radius 1 is 1.19 bits per heavy atom.